The van der Waals surface area contributed by atoms with E-state index in [0.29, 0.717) is 6.42 Å². The first-order valence-corrected chi connectivity index (χ1v) is 38.8. The van der Waals surface area contributed by atoms with E-state index in [0.717, 1.165) is 92.2 Å². The molecule has 1 aliphatic carbocycles. The minimum atomic E-state index is -0.0978. The molecule has 17 rings (SSSR count). The molecule has 4 nitrogen and oxygen atoms in total. The van der Waals surface area contributed by atoms with Crippen LogP contribution in [0.2, 0.25) is 0 Å². The maximum atomic E-state index is 2.45. The van der Waals surface area contributed by atoms with Crippen LogP contribution in [0, 0.1) is 20.8 Å². The molecule has 1 aliphatic rings. The van der Waals surface area contributed by atoms with Crippen LogP contribution in [-0.2, 0) is 11.8 Å². The fourth-order valence-corrected chi connectivity index (χ4v) is 16.3. The molecule has 532 valence electrons. The van der Waals surface area contributed by atoms with Crippen molar-refractivity contribution in [1.82, 2.24) is 0 Å². The van der Waals surface area contributed by atoms with E-state index < -0.39 is 0 Å². The van der Waals surface area contributed by atoms with E-state index in [-0.39, 0.29) is 5.41 Å². The van der Waals surface area contributed by atoms with Crippen LogP contribution >= 0.6 is 0 Å². The van der Waals surface area contributed by atoms with Gasteiger partial charge in [-0.25, -0.2) is 0 Å². The summed E-state index contributed by atoms with van der Waals surface area (Å²) < 4.78 is 0. The van der Waals surface area contributed by atoms with E-state index in [2.05, 4.69) is 447 Å². The van der Waals surface area contributed by atoms with Crippen LogP contribution in [0.5, 0.6) is 0 Å². The Kier molecular flexibility index (Phi) is 20.1. The molecule has 110 heavy (non-hydrogen) atoms. The van der Waals surface area contributed by atoms with Crippen molar-refractivity contribution in [3.8, 4) is 55.6 Å². The summed E-state index contributed by atoms with van der Waals surface area (Å²) in [4.78, 5) is 9.61. The van der Waals surface area contributed by atoms with Crippen LogP contribution in [0.3, 0.4) is 0 Å². The van der Waals surface area contributed by atoms with Gasteiger partial charge in [0, 0.05) is 73.7 Å². The Morgan fingerprint density at radius 1 is 0.209 bits per heavy atom. The average Bonchev–Trinajstić information content (AvgIpc) is 0.775. The Morgan fingerprint density at radius 3 is 0.727 bits per heavy atom. The number of benzene rings is 16. The summed E-state index contributed by atoms with van der Waals surface area (Å²) in [7, 11) is 0. The number of rotatable bonds is 21. The number of nitrogens with zero attached hydrogens (tertiary/aromatic N) is 4. The van der Waals surface area contributed by atoms with Crippen LogP contribution in [0.15, 0.2) is 406 Å². The molecule has 0 saturated heterocycles. The molecule has 0 aromatic heterocycles. The highest BCUT2D eigenvalue weighted by Crippen LogP contribution is 2.49. The van der Waals surface area contributed by atoms with E-state index >= 15 is 0 Å². The zero-order chi connectivity index (χ0) is 74.2. The normalized spacial score (nSPS) is 12.4. The predicted octanol–water partition coefficient (Wildman–Crippen LogP) is 29.7. The van der Waals surface area contributed by atoms with Gasteiger partial charge in [-0.1, -0.05) is 297 Å². The number of hydrogen-bond acceptors (Lipinski definition) is 4. The van der Waals surface area contributed by atoms with Gasteiger partial charge in [-0.3, -0.25) is 0 Å². The molecule has 0 unspecified atom stereocenters. The molecule has 16 aromatic carbocycles. The number of hydrogen-bond donors (Lipinski definition) is 0. The van der Waals surface area contributed by atoms with Gasteiger partial charge in [-0.05, 0) is 264 Å². The van der Waals surface area contributed by atoms with Crippen LogP contribution in [0.25, 0.3) is 55.6 Å². The van der Waals surface area contributed by atoms with Gasteiger partial charge >= 0.3 is 0 Å². The second-order valence-corrected chi connectivity index (χ2v) is 29.5. The van der Waals surface area contributed by atoms with Crippen LogP contribution in [0.4, 0.5) is 68.2 Å². The van der Waals surface area contributed by atoms with Crippen molar-refractivity contribution in [2.45, 2.75) is 64.7 Å². The summed E-state index contributed by atoms with van der Waals surface area (Å²) in [6.45, 7) is 6.48. The highest BCUT2D eigenvalue weighted by atomic mass is 15.2. The first-order valence-electron chi connectivity index (χ1n) is 38.8. The van der Waals surface area contributed by atoms with Gasteiger partial charge in [0.15, 0.2) is 0 Å². The summed E-state index contributed by atoms with van der Waals surface area (Å²) in [5, 5.41) is 0. The van der Waals surface area contributed by atoms with E-state index in [1.807, 2.05) is 0 Å². The van der Waals surface area contributed by atoms with E-state index in [1.165, 1.54) is 103 Å². The summed E-state index contributed by atoms with van der Waals surface area (Å²) >= 11 is 0. The quantitative estimate of drug-likeness (QED) is 0.0711. The Labute approximate surface area is 649 Å². The molecule has 0 atom stereocenters. The lowest BCUT2D eigenvalue weighted by Crippen LogP contribution is -2.30. The second kappa shape index (κ2) is 31.7. The Hall–Kier alpha value is -13.3. The predicted molar refractivity (Wildman–Crippen MR) is 466 cm³/mol. The summed E-state index contributed by atoms with van der Waals surface area (Å²) in [6.07, 6.45) is 6.59. The van der Waals surface area contributed by atoms with Crippen molar-refractivity contribution < 1.29 is 0 Å². The molecule has 1 fully saturated rings. The number of aryl methyl sites for hydroxylation is 3. The zero-order valence-corrected chi connectivity index (χ0v) is 62.7. The second-order valence-electron chi connectivity index (χ2n) is 29.5. The van der Waals surface area contributed by atoms with Crippen molar-refractivity contribution >= 4 is 68.2 Å². The smallest absolute Gasteiger partial charge is 0.0497 e. The SMILES string of the molecule is Cc1ccc(N(c2ccc(C)cc2)c2ccc(C3(c4ccc(N(c5ccc(C)cc5)c5ccc(Cc6cc(-c7ccccc7)ccc6N(c6ccc(-c7ccccc7)cc6)c6ccc(-c7ccc(N(c8ccc(-c9ccccc9)cc8)c8ccc(-c9ccccc9)cc8)cc7)cc6)cc5)cc4)CCCCC3)cc2)cc1. The molecule has 1 saturated carbocycles. The summed E-state index contributed by atoms with van der Waals surface area (Å²) in [5.74, 6) is 0. The van der Waals surface area contributed by atoms with Crippen molar-refractivity contribution in [1.29, 1.82) is 0 Å². The van der Waals surface area contributed by atoms with Gasteiger partial charge in [0.05, 0.1) is 0 Å². The van der Waals surface area contributed by atoms with Gasteiger partial charge in [-0.2, -0.15) is 0 Å². The molecular weight excluding hydrogens is 1330 g/mol. The molecule has 0 aliphatic heterocycles. The van der Waals surface area contributed by atoms with Crippen molar-refractivity contribution in [3.05, 3.63) is 445 Å². The molecular formula is C106H88N4. The molecule has 4 heteroatoms. The average molecular weight is 1420 g/mol. The number of anilines is 12. The van der Waals surface area contributed by atoms with Crippen LogP contribution in [0.1, 0.15) is 71.0 Å². The first-order chi connectivity index (χ1) is 54.2. The molecule has 16 aromatic rings. The Morgan fingerprint density at radius 2 is 0.436 bits per heavy atom. The van der Waals surface area contributed by atoms with Gasteiger partial charge in [0.1, 0.15) is 0 Å². The molecule has 0 N–H and O–H groups in total. The zero-order valence-electron chi connectivity index (χ0n) is 62.7. The summed E-state index contributed by atoms with van der Waals surface area (Å²) in [6, 6.07) is 150. The maximum absolute atomic E-state index is 2.45. The highest BCUT2D eigenvalue weighted by Gasteiger charge is 2.36. The third-order valence-corrected chi connectivity index (χ3v) is 22.2. The molecule has 0 spiro atoms. The molecule has 0 radical (unpaired) electrons. The fraction of sp³-hybridized carbons (Fsp3) is 0.0943. The lowest BCUT2D eigenvalue weighted by Gasteiger charge is -2.39. The van der Waals surface area contributed by atoms with Gasteiger partial charge in [-0.15, -0.1) is 0 Å². The largest absolute Gasteiger partial charge is 0.311 e. The highest BCUT2D eigenvalue weighted by molar-refractivity contribution is 5.86. The molecule has 0 amide bonds. The van der Waals surface area contributed by atoms with Crippen LogP contribution < -0.4 is 19.6 Å². The minimum Gasteiger partial charge on any atom is -0.311 e. The monoisotopic (exact) mass is 1420 g/mol. The van der Waals surface area contributed by atoms with Gasteiger partial charge < -0.3 is 19.6 Å². The van der Waals surface area contributed by atoms with Crippen molar-refractivity contribution in [3.63, 3.8) is 0 Å². The van der Waals surface area contributed by atoms with E-state index in [1.54, 1.807) is 0 Å². The molecule has 0 bridgehead atoms. The lowest BCUT2D eigenvalue weighted by atomic mass is 9.65. The van der Waals surface area contributed by atoms with Crippen molar-refractivity contribution in [2.75, 3.05) is 19.6 Å². The van der Waals surface area contributed by atoms with Crippen LogP contribution in [-0.4, -0.2) is 0 Å². The lowest BCUT2D eigenvalue weighted by molar-refractivity contribution is 0.346. The first kappa shape index (κ1) is 69.7. The Bertz CT molecular complexity index is 5560. The van der Waals surface area contributed by atoms with Gasteiger partial charge in [0.2, 0.25) is 0 Å². The fourth-order valence-electron chi connectivity index (χ4n) is 16.3. The summed E-state index contributed by atoms with van der Waals surface area (Å²) in [5.41, 5.74) is 33.9. The van der Waals surface area contributed by atoms with E-state index in [4.69, 9.17) is 0 Å². The maximum Gasteiger partial charge on any atom is 0.0497 e. The Balaban J connectivity index is 0.690. The van der Waals surface area contributed by atoms with E-state index in [9.17, 15) is 0 Å². The topological polar surface area (TPSA) is 13.0 Å². The standard InChI is InChI=1S/C106H88N4/c1-77-27-50-94(51-28-77)107(95-52-29-78(2)30-53-95)101-68-46-92(47-69-101)106(73-17-8-18-74-106)93-48-70-102(71-49-93)108(96-54-31-79(3)32-55-96)97-56-33-80(34-57-97)75-91-76-90(84-25-15-7-16-26-84)45-72-105(91)110(103-64-41-87(42-65-103)83-23-13-6-14-24-83)104-66-43-89(44-67-104)88-39-62-100(63-40-88)109(98-58-35-85(36-59-98)81-19-9-4-10-20-81)99-60-37-86(38-61-99)82-21-11-5-12-22-82/h4-7,9-16,19-72,76H,8,17-18,73-75H2,1-3H3. The molecule has 0 heterocycles. The minimum absolute atomic E-state index is 0.0978. The third kappa shape index (κ3) is 15.0. The third-order valence-electron chi connectivity index (χ3n) is 22.2. The van der Waals surface area contributed by atoms with Crippen molar-refractivity contribution in [2.24, 2.45) is 0 Å². The van der Waals surface area contributed by atoms with Gasteiger partial charge in [0.25, 0.3) is 0 Å².